The average Bonchev–Trinajstić information content (AvgIpc) is 3.05. The molecule has 0 saturated heterocycles. The van der Waals surface area contributed by atoms with Crippen molar-refractivity contribution in [1.29, 1.82) is 0 Å². The van der Waals surface area contributed by atoms with Crippen LogP contribution in [0.25, 0.3) is 0 Å². The summed E-state index contributed by atoms with van der Waals surface area (Å²) in [6.07, 6.45) is 2.90. The maximum atomic E-state index is 12.8. The van der Waals surface area contributed by atoms with Crippen LogP contribution in [0.4, 0.5) is 5.69 Å². The summed E-state index contributed by atoms with van der Waals surface area (Å²) < 4.78 is 26.2. The number of anilines is 1. The van der Waals surface area contributed by atoms with Crippen molar-refractivity contribution in [2.24, 2.45) is 0 Å². The van der Waals surface area contributed by atoms with Crippen molar-refractivity contribution in [2.45, 2.75) is 50.8 Å². The van der Waals surface area contributed by atoms with E-state index in [1.54, 1.807) is 35.9 Å². The third kappa shape index (κ3) is 5.10. The van der Waals surface area contributed by atoms with Gasteiger partial charge in [-0.25, -0.2) is 8.42 Å². The van der Waals surface area contributed by atoms with E-state index in [0.717, 1.165) is 18.4 Å². The third-order valence-corrected chi connectivity index (χ3v) is 7.49. The molecule has 1 heterocycles. The summed E-state index contributed by atoms with van der Waals surface area (Å²) in [5.74, 6) is -0.444. The van der Waals surface area contributed by atoms with Gasteiger partial charge in [-0.2, -0.15) is 0 Å². The number of benzene rings is 1. The lowest BCUT2D eigenvalue weighted by Gasteiger charge is -2.19. The molecule has 6 nitrogen and oxygen atoms in total. The van der Waals surface area contributed by atoms with Crippen molar-refractivity contribution in [3.63, 3.8) is 0 Å². The molecule has 0 fully saturated rings. The molecule has 0 unspecified atom stereocenters. The number of fused-ring (bicyclic) bond motifs is 1. The Morgan fingerprint density at radius 2 is 1.96 bits per heavy atom. The maximum absolute atomic E-state index is 12.8. The number of carbonyl (C=O) groups is 2. The Morgan fingerprint density at radius 3 is 2.59 bits per heavy atom. The van der Waals surface area contributed by atoms with Gasteiger partial charge in [-0.1, -0.05) is 20.3 Å². The Kier molecular flexibility index (Phi) is 7.45. The van der Waals surface area contributed by atoms with E-state index in [9.17, 15) is 18.0 Å². The van der Waals surface area contributed by atoms with Gasteiger partial charge in [0.15, 0.2) is 9.84 Å². The molecule has 150 valence electrons. The van der Waals surface area contributed by atoms with Crippen LogP contribution >= 0.6 is 15.9 Å². The molecule has 2 rings (SSSR count). The molecule has 0 saturated carbocycles. The molecule has 27 heavy (non-hydrogen) atoms. The van der Waals surface area contributed by atoms with Gasteiger partial charge in [0.05, 0.1) is 10.6 Å². The quantitative estimate of drug-likeness (QED) is 0.599. The summed E-state index contributed by atoms with van der Waals surface area (Å²) in [5.41, 5.74) is 1.62. The number of carbonyl (C=O) groups excluding carboxylic acids is 2. The molecule has 0 atom stereocenters. The first-order chi connectivity index (χ1) is 12.7. The van der Waals surface area contributed by atoms with Crippen molar-refractivity contribution >= 4 is 43.3 Å². The van der Waals surface area contributed by atoms with Crippen LogP contribution in [0, 0.1) is 0 Å². The van der Waals surface area contributed by atoms with E-state index < -0.39 is 9.84 Å². The van der Waals surface area contributed by atoms with Crippen LogP contribution in [0.3, 0.4) is 0 Å². The summed E-state index contributed by atoms with van der Waals surface area (Å²) in [5, 5.41) is 0. The largest absolute Gasteiger partial charge is 0.346 e. The van der Waals surface area contributed by atoms with Crippen molar-refractivity contribution in [2.75, 3.05) is 30.8 Å². The minimum atomic E-state index is -3.65. The number of hydrogen-bond acceptors (Lipinski definition) is 4. The van der Waals surface area contributed by atoms with E-state index in [4.69, 9.17) is 0 Å². The van der Waals surface area contributed by atoms with E-state index in [0.29, 0.717) is 36.1 Å². The van der Waals surface area contributed by atoms with E-state index >= 15 is 0 Å². The van der Waals surface area contributed by atoms with Gasteiger partial charge in [-0.3, -0.25) is 9.59 Å². The fourth-order valence-electron chi connectivity index (χ4n) is 3.12. The Morgan fingerprint density at radius 1 is 1.26 bits per heavy atom. The zero-order valence-corrected chi connectivity index (χ0v) is 18.5. The first-order valence-electron chi connectivity index (χ1n) is 9.30. The first kappa shape index (κ1) is 21.9. The predicted octanol–water partition coefficient (Wildman–Crippen LogP) is 3.17. The summed E-state index contributed by atoms with van der Waals surface area (Å²) in [4.78, 5) is 27.7. The van der Waals surface area contributed by atoms with Crippen LogP contribution in [-0.2, 0) is 25.8 Å². The lowest BCUT2D eigenvalue weighted by atomic mass is 10.2. The van der Waals surface area contributed by atoms with Gasteiger partial charge in [-0.05, 0) is 46.5 Å². The van der Waals surface area contributed by atoms with Crippen molar-refractivity contribution in [1.82, 2.24) is 4.90 Å². The lowest BCUT2D eigenvalue weighted by Crippen LogP contribution is -2.29. The fourth-order valence-corrected chi connectivity index (χ4v) is 5.56. The number of unbranched alkanes of at least 4 members (excludes halogenated alkanes) is 1. The highest BCUT2D eigenvalue weighted by atomic mass is 79.9. The highest BCUT2D eigenvalue weighted by Crippen LogP contribution is 2.36. The molecule has 0 radical (unpaired) electrons. The number of halogens is 1. The van der Waals surface area contributed by atoms with E-state index in [1.807, 2.05) is 6.92 Å². The molecule has 0 aromatic heterocycles. The fraction of sp³-hybridized carbons (Fsp3) is 0.579. The predicted molar refractivity (Wildman–Crippen MR) is 110 cm³/mol. The lowest BCUT2D eigenvalue weighted by molar-refractivity contribution is -0.129. The number of rotatable bonds is 8. The van der Waals surface area contributed by atoms with Gasteiger partial charge in [0.2, 0.25) is 11.8 Å². The summed E-state index contributed by atoms with van der Waals surface area (Å²) >= 11 is 3.35. The first-order valence-corrected chi connectivity index (χ1v) is 11.7. The second-order valence-electron chi connectivity index (χ2n) is 6.80. The van der Waals surface area contributed by atoms with Gasteiger partial charge in [0.1, 0.15) is 0 Å². The zero-order chi connectivity index (χ0) is 20.2. The van der Waals surface area contributed by atoms with Gasteiger partial charge in [0.25, 0.3) is 0 Å². The van der Waals surface area contributed by atoms with E-state index in [-0.39, 0.29) is 28.9 Å². The molecule has 2 amide bonds. The summed E-state index contributed by atoms with van der Waals surface area (Å²) in [6, 6.07) is 3.35. The summed E-state index contributed by atoms with van der Waals surface area (Å²) in [7, 11) is -1.95. The maximum Gasteiger partial charge on any atom is 0.226 e. The molecule has 0 bridgehead atoms. The standard InChI is InChI=1S/C19H27BrN2O4S/c1-4-6-9-21(3)19(24)8-11-27(25,26)17-13-16-14(12-15(17)20)7-10-22(16)18(23)5-2/h12-13H,4-11H2,1-3H3. The van der Waals surface area contributed by atoms with Gasteiger partial charge in [-0.15, -0.1) is 0 Å². The highest BCUT2D eigenvalue weighted by Gasteiger charge is 2.28. The van der Waals surface area contributed by atoms with Crippen LogP contribution in [0.1, 0.15) is 45.1 Å². The molecule has 1 aliphatic heterocycles. The van der Waals surface area contributed by atoms with Crippen LogP contribution < -0.4 is 4.90 Å². The van der Waals surface area contributed by atoms with Gasteiger partial charge in [0, 0.05) is 43.1 Å². The third-order valence-electron chi connectivity index (χ3n) is 4.82. The van der Waals surface area contributed by atoms with E-state index in [1.165, 1.54) is 0 Å². The van der Waals surface area contributed by atoms with Crippen molar-refractivity contribution in [3.05, 3.63) is 22.2 Å². The molecule has 1 aromatic carbocycles. The second-order valence-corrected chi connectivity index (χ2v) is 9.73. The topological polar surface area (TPSA) is 74.8 Å². The monoisotopic (exact) mass is 458 g/mol. The molecule has 1 aromatic rings. The number of hydrogen-bond donors (Lipinski definition) is 0. The molecule has 0 aliphatic carbocycles. The number of nitrogens with zero attached hydrogens (tertiary/aromatic N) is 2. The minimum Gasteiger partial charge on any atom is -0.346 e. The number of sulfone groups is 1. The zero-order valence-electron chi connectivity index (χ0n) is 16.1. The van der Waals surface area contributed by atoms with Crippen LogP contribution in [0.2, 0.25) is 0 Å². The van der Waals surface area contributed by atoms with Crippen LogP contribution in [-0.4, -0.2) is 51.0 Å². The highest BCUT2D eigenvalue weighted by molar-refractivity contribution is 9.10. The van der Waals surface area contributed by atoms with Crippen molar-refractivity contribution < 1.29 is 18.0 Å². The van der Waals surface area contributed by atoms with Crippen molar-refractivity contribution in [3.8, 4) is 0 Å². The van der Waals surface area contributed by atoms with Gasteiger partial charge < -0.3 is 9.80 Å². The normalized spacial score (nSPS) is 13.6. The SMILES string of the molecule is CCCCN(C)C(=O)CCS(=O)(=O)c1cc2c(cc1Br)CCN2C(=O)CC. The molecular weight excluding hydrogens is 432 g/mol. The second kappa shape index (κ2) is 9.19. The molecule has 1 aliphatic rings. The molecular formula is C19H27BrN2O4S. The van der Waals surface area contributed by atoms with Crippen LogP contribution in [0.5, 0.6) is 0 Å². The Balaban J connectivity index is 2.19. The summed E-state index contributed by atoms with van der Waals surface area (Å²) in [6.45, 7) is 5.03. The number of amides is 2. The van der Waals surface area contributed by atoms with Gasteiger partial charge >= 0.3 is 0 Å². The van der Waals surface area contributed by atoms with Crippen LogP contribution in [0.15, 0.2) is 21.5 Å². The molecule has 8 heteroatoms. The Bertz CT molecular complexity index is 823. The molecule has 0 spiro atoms. The Labute approximate surface area is 170 Å². The minimum absolute atomic E-state index is 0.0212. The smallest absolute Gasteiger partial charge is 0.226 e. The average molecular weight is 459 g/mol. The van der Waals surface area contributed by atoms with E-state index in [2.05, 4.69) is 15.9 Å². The molecule has 0 N–H and O–H groups in total. The Hall–Kier alpha value is -1.41.